The lowest BCUT2D eigenvalue weighted by Gasteiger charge is -1.93. The van der Waals surface area contributed by atoms with Crippen LogP contribution in [0.25, 0.3) is 10.1 Å². The fraction of sp³-hybridized carbons (Fsp3) is 0.100. The number of carboxylic acid groups (broad SMARTS) is 1. The summed E-state index contributed by atoms with van der Waals surface area (Å²) in [6, 6.07) is 5.80. The maximum absolute atomic E-state index is 10.8. The Hall–Kier alpha value is -1.35. The van der Waals surface area contributed by atoms with E-state index < -0.39 is 5.97 Å². The van der Waals surface area contributed by atoms with Crippen molar-refractivity contribution in [3.8, 4) is 0 Å². The summed E-state index contributed by atoms with van der Waals surface area (Å²) < 4.78 is 1.04. The second-order valence-corrected chi connectivity index (χ2v) is 3.87. The SMILES string of the molecule is Cc1ccc2c(C(=O)O)csc2c1. The van der Waals surface area contributed by atoms with E-state index in [4.69, 9.17) is 5.11 Å². The highest BCUT2D eigenvalue weighted by atomic mass is 32.1. The second-order valence-electron chi connectivity index (χ2n) is 2.95. The minimum atomic E-state index is -0.852. The van der Waals surface area contributed by atoms with Gasteiger partial charge in [-0.05, 0) is 18.6 Å². The van der Waals surface area contributed by atoms with Crippen molar-refractivity contribution in [1.29, 1.82) is 0 Å². The summed E-state index contributed by atoms with van der Waals surface area (Å²) in [5, 5.41) is 11.4. The minimum absolute atomic E-state index is 0.403. The Morgan fingerprint density at radius 2 is 2.23 bits per heavy atom. The largest absolute Gasteiger partial charge is 0.478 e. The van der Waals surface area contributed by atoms with Gasteiger partial charge in [-0.3, -0.25) is 0 Å². The van der Waals surface area contributed by atoms with E-state index in [1.807, 2.05) is 25.1 Å². The molecule has 2 aromatic rings. The van der Waals surface area contributed by atoms with Gasteiger partial charge in [0.2, 0.25) is 0 Å². The molecule has 13 heavy (non-hydrogen) atoms. The van der Waals surface area contributed by atoms with Crippen LogP contribution >= 0.6 is 11.3 Å². The lowest BCUT2D eigenvalue weighted by atomic mass is 10.1. The number of carbonyl (C=O) groups is 1. The third-order valence-electron chi connectivity index (χ3n) is 1.96. The van der Waals surface area contributed by atoms with Gasteiger partial charge in [0.05, 0.1) is 5.56 Å². The van der Waals surface area contributed by atoms with Crippen molar-refractivity contribution in [2.45, 2.75) is 6.92 Å². The molecular weight excluding hydrogens is 184 g/mol. The molecule has 1 aromatic carbocycles. The number of benzene rings is 1. The van der Waals surface area contributed by atoms with Crippen LogP contribution in [0.1, 0.15) is 15.9 Å². The highest BCUT2D eigenvalue weighted by Crippen LogP contribution is 2.26. The normalized spacial score (nSPS) is 10.5. The quantitative estimate of drug-likeness (QED) is 0.754. The van der Waals surface area contributed by atoms with Crippen molar-refractivity contribution in [1.82, 2.24) is 0 Å². The van der Waals surface area contributed by atoms with Gasteiger partial charge >= 0.3 is 5.97 Å². The molecule has 0 saturated heterocycles. The molecule has 2 nitrogen and oxygen atoms in total. The number of fused-ring (bicyclic) bond motifs is 1. The van der Waals surface area contributed by atoms with E-state index in [1.165, 1.54) is 11.3 Å². The molecule has 0 amide bonds. The number of hydrogen-bond donors (Lipinski definition) is 1. The average Bonchev–Trinajstić information content (AvgIpc) is 2.46. The second kappa shape index (κ2) is 2.85. The zero-order valence-corrected chi connectivity index (χ0v) is 7.89. The molecule has 0 bridgehead atoms. The van der Waals surface area contributed by atoms with E-state index in [2.05, 4.69) is 0 Å². The van der Waals surface area contributed by atoms with Crippen LogP contribution in [0.2, 0.25) is 0 Å². The van der Waals surface area contributed by atoms with Crippen molar-refractivity contribution in [2.24, 2.45) is 0 Å². The first-order valence-corrected chi connectivity index (χ1v) is 4.77. The first-order valence-electron chi connectivity index (χ1n) is 3.89. The lowest BCUT2D eigenvalue weighted by Crippen LogP contribution is -1.93. The molecule has 0 fully saturated rings. The Kier molecular flexibility index (Phi) is 1.81. The van der Waals surface area contributed by atoms with Crippen LogP contribution in [-0.2, 0) is 0 Å². The predicted octanol–water partition coefficient (Wildman–Crippen LogP) is 2.91. The molecule has 0 aliphatic carbocycles. The molecule has 0 saturated carbocycles. The van der Waals surface area contributed by atoms with E-state index in [1.54, 1.807) is 5.38 Å². The molecule has 0 aliphatic heterocycles. The Morgan fingerprint density at radius 1 is 1.46 bits per heavy atom. The first-order chi connectivity index (χ1) is 6.18. The van der Waals surface area contributed by atoms with Gasteiger partial charge in [-0.25, -0.2) is 4.79 Å². The van der Waals surface area contributed by atoms with Crippen LogP contribution in [0.15, 0.2) is 23.6 Å². The molecule has 66 valence electrons. The maximum atomic E-state index is 10.8. The monoisotopic (exact) mass is 192 g/mol. The van der Waals surface area contributed by atoms with Crippen LogP contribution in [-0.4, -0.2) is 11.1 Å². The smallest absolute Gasteiger partial charge is 0.337 e. The maximum Gasteiger partial charge on any atom is 0.337 e. The molecule has 2 rings (SSSR count). The molecule has 0 spiro atoms. The van der Waals surface area contributed by atoms with E-state index in [0.29, 0.717) is 5.56 Å². The molecule has 0 unspecified atom stereocenters. The van der Waals surface area contributed by atoms with Crippen LogP contribution in [0.3, 0.4) is 0 Å². The van der Waals surface area contributed by atoms with Gasteiger partial charge < -0.3 is 5.11 Å². The molecule has 0 aliphatic rings. The third kappa shape index (κ3) is 1.31. The Bertz CT molecular complexity index is 471. The van der Waals surface area contributed by atoms with Gasteiger partial charge in [-0.15, -0.1) is 11.3 Å². The molecule has 0 atom stereocenters. The third-order valence-corrected chi connectivity index (χ3v) is 2.91. The minimum Gasteiger partial charge on any atom is -0.478 e. The van der Waals surface area contributed by atoms with Gasteiger partial charge in [0.25, 0.3) is 0 Å². The highest BCUT2D eigenvalue weighted by molar-refractivity contribution is 7.17. The molecule has 3 heteroatoms. The molecule has 1 N–H and O–H groups in total. The Morgan fingerprint density at radius 3 is 2.92 bits per heavy atom. The van der Waals surface area contributed by atoms with Crippen LogP contribution in [0, 0.1) is 6.92 Å². The van der Waals surface area contributed by atoms with Crippen LogP contribution in [0.4, 0.5) is 0 Å². The van der Waals surface area contributed by atoms with Gasteiger partial charge in [0.1, 0.15) is 0 Å². The average molecular weight is 192 g/mol. The summed E-state index contributed by atoms with van der Waals surface area (Å²) in [7, 11) is 0. The lowest BCUT2D eigenvalue weighted by molar-refractivity contribution is 0.0699. The zero-order chi connectivity index (χ0) is 9.42. The molecular formula is C10H8O2S. The van der Waals surface area contributed by atoms with E-state index in [9.17, 15) is 4.79 Å². The number of thiophene rings is 1. The van der Waals surface area contributed by atoms with Gasteiger partial charge in [0.15, 0.2) is 0 Å². The number of aryl methyl sites for hydroxylation is 1. The van der Waals surface area contributed by atoms with Crippen LogP contribution in [0.5, 0.6) is 0 Å². The summed E-state index contributed by atoms with van der Waals surface area (Å²) in [6.07, 6.45) is 0. The van der Waals surface area contributed by atoms with E-state index in [0.717, 1.165) is 15.6 Å². The van der Waals surface area contributed by atoms with Crippen molar-refractivity contribution < 1.29 is 9.90 Å². The number of rotatable bonds is 1. The van der Waals surface area contributed by atoms with Gasteiger partial charge in [-0.1, -0.05) is 12.1 Å². The summed E-state index contributed by atoms with van der Waals surface area (Å²) in [5.41, 5.74) is 1.56. The number of hydrogen-bond acceptors (Lipinski definition) is 2. The van der Waals surface area contributed by atoms with E-state index in [-0.39, 0.29) is 0 Å². The van der Waals surface area contributed by atoms with Crippen molar-refractivity contribution in [3.63, 3.8) is 0 Å². The molecule has 1 heterocycles. The summed E-state index contributed by atoms with van der Waals surface area (Å²) in [6.45, 7) is 2.00. The van der Waals surface area contributed by atoms with Gasteiger partial charge in [0, 0.05) is 15.5 Å². The topological polar surface area (TPSA) is 37.3 Å². The van der Waals surface area contributed by atoms with Gasteiger partial charge in [-0.2, -0.15) is 0 Å². The number of aromatic carboxylic acids is 1. The fourth-order valence-electron chi connectivity index (χ4n) is 1.30. The van der Waals surface area contributed by atoms with E-state index >= 15 is 0 Å². The summed E-state index contributed by atoms with van der Waals surface area (Å²) in [5.74, 6) is -0.852. The highest BCUT2D eigenvalue weighted by Gasteiger charge is 2.09. The Labute approximate surface area is 79.4 Å². The zero-order valence-electron chi connectivity index (χ0n) is 7.07. The molecule has 0 radical (unpaired) electrons. The molecule has 1 aromatic heterocycles. The van der Waals surface area contributed by atoms with Crippen molar-refractivity contribution >= 4 is 27.4 Å². The summed E-state index contributed by atoms with van der Waals surface area (Å²) in [4.78, 5) is 10.8. The van der Waals surface area contributed by atoms with Crippen LogP contribution < -0.4 is 0 Å². The predicted molar refractivity (Wildman–Crippen MR) is 53.5 cm³/mol. The fourth-order valence-corrected chi connectivity index (χ4v) is 2.33. The Balaban J connectivity index is 2.76. The standard InChI is InChI=1S/C10H8O2S/c1-6-2-3-7-8(10(11)12)5-13-9(7)4-6/h2-5H,1H3,(H,11,12). The number of carboxylic acids is 1. The summed E-state index contributed by atoms with van der Waals surface area (Å²) >= 11 is 1.48. The first kappa shape index (κ1) is 8.26. The van der Waals surface area contributed by atoms with Crippen molar-refractivity contribution in [3.05, 3.63) is 34.7 Å². The van der Waals surface area contributed by atoms with Crippen molar-refractivity contribution in [2.75, 3.05) is 0 Å².